The fourth-order valence-corrected chi connectivity index (χ4v) is 5.60. The van der Waals surface area contributed by atoms with Gasteiger partial charge in [0, 0.05) is 23.2 Å². The Morgan fingerprint density at radius 3 is 2.62 bits per heavy atom. The number of fused-ring (bicyclic) bond motifs is 1. The van der Waals surface area contributed by atoms with Crippen LogP contribution in [0.2, 0.25) is 0 Å². The molecule has 1 saturated heterocycles. The van der Waals surface area contributed by atoms with Gasteiger partial charge in [0.15, 0.2) is 7.85 Å². The normalized spacial score (nSPS) is 34.6. The van der Waals surface area contributed by atoms with E-state index in [1.54, 1.807) is 24.3 Å². The van der Waals surface area contributed by atoms with E-state index in [0.717, 1.165) is 16.8 Å². The maximum atomic E-state index is 13.3. The fraction of sp³-hybridized carbons (Fsp3) is 0.412. The highest BCUT2D eigenvalue weighted by Gasteiger charge is 2.65. The molecule has 0 bridgehead atoms. The summed E-state index contributed by atoms with van der Waals surface area (Å²) in [5.41, 5.74) is -4.22. The van der Waals surface area contributed by atoms with Crippen LogP contribution < -0.4 is 15.8 Å². The van der Waals surface area contributed by atoms with Crippen molar-refractivity contribution in [2.75, 3.05) is 0 Å². The molecule has 0 radical (unpaired) electrons. The van der Waals surface area contributed by atoms with Crippen LogP contribution in [-0.4, -0.2) is 66.5 Å². The lowest BCUT2D eigenvalue weighted by Gasteiger charge is -2.45. The lowest BCUT2D eigenvalue weighted by atomic mass is 9.55. The molecule has 11 nitrogen and oxygen atoms in total. The largest absolute Gasteiger partial charge is 0.529 e. The molecule has 0 aliphatic carbocycles. The first-order valence-corrected chi connectivity index (χ1v) is 11.4. The Hall–Kier alpha value is -2.08. The van der Waals surface area contributed by atoms with Crippen molar-refractivity contribution in [2.45, 2.75) is 42.4 Å². The summed E-state index contributed by atoms with van der Waals surface area (Å²) in [6.45, 7) is 1.45. The van der Waals surface area contributed by atoms with Crippen molar-refractivity contribution >= 4 is 31.4 Å². The maximum absolute atomic E-state index is 13.3. The number of phosphoric acid groups is 1. The van der Waals surface area contributed by atoms with Crippen LogP contribution in [0.1, 0.15) is 12.5 Å². The molecule has 2 aliphatic heterocycles. The Balaban J connectivity index is 1.67. The van der Waals surface area contributed by atoms with Crippen LogP contribution in [0.3, 0.4) is 0 Å². The highest BCUT2D eigenvalue weighted by molar-refractivity contribution is 7.49. The molecule has 1 aromatic heterocycles. The van der Waals surface area contributed by atoms with Crippen LogP contribution in [0.15, 0.2) is 46.1 Å². The number of aliphatic hydroxyl groups is 2. The second kappa shape index (κ2) is 7.48. The second-order valence-electron chi connectivity index (χ2n) is 8.65. The average molecular weight is 462 g/mol. The van der Waals surface area contributed by atoms with Crippen molar-refractivity contribution in [1.29, 1.82) is 0 Å². The summed E-state index contributed by atoms with van der Waals surface area (Å²) in [4.78, 5) is 25.9. The summed E-state index contributed by atoms with van der Waals surface area (Å²) < 4.78 is 37.0. The monoisotopic (exact) mass is 462 g/mol. The molecule has 4 rings (SSSR count). The molecule has 168 valence electrons. The van der Waals surface area contributed by atoms with Gasteiger partial charge in [0.2, 0.25) is 0 Å². The molecule has 0 amide bonds. The van der Waals surface area contributed by atoms with E-state index in [1.165, 1.54) is 30.5 Å². The van der Waals surface area contributed by atoms with Crippen molar-refractivity contribution < 1.29 is 33.1 Å². The van der Waals surface area contributed by atoms with Gasteiger partial charge in [-0.2, -0.15) is 0 Å². The highest BCUT2D eigenvalue weighted by Crippen LogP contribution is 2.58. The van der Waals surface area contributed by atoms with E-state index in [9.17, 15) is 24.4 Å². The summed E-state index contributed by atoms with van der Waals surface area (Å²) in [6.07, 6.45) is -2.03. The predicted molar refractivity (Wildman–Crippen MR) is 120 cm³/mol. The summed E-state index contributed by atoms with van der Waals surface area (Å²) in [5, 5.41) is 20.3. The zero-order valence-corrected chi connectivity index (χ0v) is 18.9. The summed E-state index contributed by atoms with van der Waals surface area (Å²) in [6, 6.07) is 7.99. The van der Waals surface area contributed by atoms with Crippen LogP contribution in [0.5, 0.6) is 5.75 Å². The van der Waals surface area contributed by atoms with E-state index in [4.69, 9.17) is 18.3 Å². The number of nitrogens with one attached hydrogen (secondary N) is 1. The van der Waals surface area contributed by atoms with Gasteiger partial charge in [0.05, 0.1) is 6.61 Å². The number of aliphatic hydroxyl groups excluding tert-OH is 2. The molecule has 0 spiro atoms. The van der Waals surface area contributed by atoms with E-state index >= 15 is 0 Å². The van der Waals surface area contributed by atoms with E-state index in [1.807, 2.05) is 0 Å². The van der Waals surface area contributed by atoms with Crippen molar-refractivity contribution in [2.24, 2.45) is 0 Å². The zero-order valence-electron chi connectivity index (χ0n) is 18.0. The van der Waals surface area contributed by atoms with Crippen LogP contribution in [0.25, 0.3) is 0 Å². The van der Waals surface area contributed by atoms with Crippen LogP contribution >= 0.6 is 7.82 Å². The van der Waals surface area contributed by atoms with E-state index in [-0.39, 0.29) is 6.61 Å². The molecular weight excluding hydrogens is 440 g/mol. The third-order valence-corrected chi connectivity index (χ3v) is 7.78. The molecule has 15 heteroatoms. The molecule has 3 heterocycles. The molecule has 1 unspecified atom stereocenters. The predicted octanol–water partition coefficient (Wildman–Crippen LogP) is -3.06. The fourth-order valence-electron chi connectivity index (χ4n) is 4.00. The minimum absolute atomic E-state index is 0.00321. The van der Waals surface area contributed by atoms with Crippen LogP contribution in [0, 0.1) is 0 Å². The van der Waals surface area contributed by atoms with Gasteiger partial charge in [-0.1, -0.05) is 18.2 Å². The number of aromatic amines is 1. The third-order valence-electron chi connectivity index (χ3n) is 6.23. The Bertz CT molecular complexity index is 1220. The van der Waals surface area contributed by atoms with Crippen molar-refractivity contribution in [3.8, 4) is 5.75 Å². The lowest BCUT2D eigenvalue weighted by molar-refractivity contribution is -0.160. The summed E-state index contributed by atoms with van der Waals surface area (Å²) in [7, 11) is 0.250. The number of para-hydroxylation sites is 1. The molecule has 3 N–H and O–H groups in total. The van der Waals surface area contributed by atoms with Crippen LogP contribution in [0.4, 0.5) is 0 Å². The smallest absolute Gasteiger partial charge is 0.404 e. The number of nitrogens with zero attached hydrogens (tertiary/aromatic N) is 1. The number of hydrogen-bond acceptors (Lipinski definition) is 9. The number of aromatic nitrogens is 2. The Morgan fingerprint density at radius 1 is 1.25 bits per heavy atom. The molecule has 1 fully saturated rings. The molecule has 2 aliphatic rings. The van der Waals surface area contributed by atoms with Crippen molar-refractivity contribution in [3.63, 3.8) is 0 Å². The minimum Gasteiger partial charge on any atom is -0.404 e. The highest BCUT2D eigenvalue weighted by atomic mass is 31.2. The van der Waals surface area contributed by atoms with Gasteiger partial charge in [0.25, 0.3) is 5.56 Å². The Labute approximate surface area is 185 Å². The summed E-state index contributed by atoms with van der Waals surface area (Å²) in [5.74, 6) is 0.348. The minimum atomic E-state index is -4.13. The van der Waals surface area contributed by atoms with Gasteiger partial charge < -0.3 is 19.5 Å². The maximum Gasteiger partial charge on any atom is 0.529 e. The Kier molecular flexibility index (Phi) is 5.40. The lowest BCUT2D eigenvalue weighted by Crippen LogP contribution is -2.61. The van der Waals surface area contributed by atoms with E-state index in [0.29, 0.717) is 11.3 Å². The standard InChI is InChI=1S/C17H22B3N2O9P/c1-15(12(24)13(25)16(18,30-15)22-7-6-11(23)21-14(22)26)17(19,20)31-32(27)28-8-9-4-2-3-5-10(9)29-32/h2-7,12-13,24-25H,8,18-20H2,1H3,(H,21,23,26)/t12-,13+,15-,16-,32?/m0/s1. The van der Waals surface area contributed by atoms with Gasteiger partial charge in [-0.3, -0.25) is 23.4 Å². The van der Waals surface area contributed by atoms with Crippen molar-refractivity contribution in [3.05, 3.63) is 62.9 Å². The first-order chi connectivity index (χ1) is 14.8. The SMILES string of the molecule is BC(B)(OP1(=O)OCc2ccccc2O1)[C@@]1(C)O[C@@](B)(n2ccc(=O)[nH]c2=O)[C@H](O)[C@@H]1O. The van der Waals surface area contributed by atoms with Gasteiger partial charge in [-0.15, -0.1) is 0 Å². The number of phosphoric ester groups is 1. The number of ether oxygens (including phenoxy) is 1. The summed E-state index contributed by atoms with van der Waals surface area (Å²) >= 11 is 0. The molecule has 0 saturated carbocycles. The zero-order chi connectivity index (χ0) is 23.5. The van der Waals surface area contributed by atoms with Gasteiger partial charge in [-0.25, -0.2) is 9.36 Å². The number of rotatable bonds is 4. The molecule has 5 atom stereocenters. The van der Waals surface area contributed by atoms with E-state index < -0.39 is 47.9 Å². The van der Waals surface area contributed by atoms with Crippen LogP contribution in [-0.2, 0) is 30.6 Å². The third kappa shape index (κ3) is 3.51. The molecular formula is C17H22B3N2O9P. The van der Waals surface area contributed by atoms with Gasteiger partial charge in [-0.05, 0) is 13.0 Å². The number of hydrogen-bond donors (Lipinski definition) is 3. The van der Waals surface area contributed by atoms with Crippen molar-refractivity contribution in [1.82, 2.24) is 9.55 Å². The first kappa shape index (κ1) is 23.1. The Morgan fingerprint density at radius 2 is 1.94 bits per heavy atom. The second-order valence-corrected chi connectivity index (χ2v) is 10.2. The molecule has 1 aromatic carbocycles. The molecule has 2 aromatic rings. The van der Waals surface area contributed by atoms with Gasteiger partial charge >= 0.3 is 13.5 Å². The van der Waals surface area contributed by atoms with Gasteiger partial charge in [0.1, 0.15) is 44.9 Å². The molecule has 32 heavy (non-hydrogen) atoms. The number of H-pyrrole nitrogens is 1. The topological polar surface area (TPSA) is 149 Å². The first-order valence-electron chi connectivity index (χ1n) is 9.93. The quantitative estimate of drug-likeness (QED) is 0.319. The average Bonchev–Trinajstić information content (AvgIpc) is 2.89. The number of benzene rings is 1. The van der Waals surface area contributed by atoms with E-state index in [2.05, 4.69) is 4.98 Å².